The maximum atomic E-state index is 4.13. The van der Waals surface area contributed by atoms with Crippen molar-refractivity contribution < 1.29 is 0 Å². The van der Waals surface area contributed by atoms with E-state index >= 15 is 0 Å². The highest BCUT2D eigenvalue weighted by molar-refractivity contribution is 8.05. The van der Waals surface area contributed by atoms with E-state index in [-0.39, 0.29) is 0 Å². The van der Waals surface area contributed by atoms with Gasteiger partial charge in [-0.05, 0) is 68.4 Å². The van der Waals surface area contributed by atoms with Crippen LogP contribution in [0, 0.1) is 0 Å². The van der Waals surface area contributed by atoms with Gasteiger partial charge in [-0.25, -0.2) is 0 Å². The highest BCUT2D eigenvalue weighted by atomic mass is 32.2. The molecule has 0 bridgehead atoms. The minimum atomic E-state index is 0.801. The van der Waals surface area contributed by atoms with E-state index in [0.29, 0.717) is 0 Å². The summed E-state index contributed by atoms with van der Waals surface area (Å²) >= 11 is 1.59. The van der Waals surface area contributed by atoms with Gasteiger partial charge in [0.1, 0.15) is 0 Å². The van der Waals surface area contributed by atoms with Crippen molar-refractivity contribution in [3.05, 3.63) is 82.1 Å². The van der Waals surface area contributed by atoms with Gasteiger partial charge in [0, 0.05) is 24.5 Å². The molecule has 0 unspecified atom stereocenters. The largest absolute Gasteiger partial charge is 0.385 e. The van der Waals surface area contributed by atoms with Crippen LogP contribution in [0.15, 0.2) is 82.1 Å². The summed E-state index contributed by atoms with van der Waals surface area (Å²) in [6.07, 6.45) is 14.0. The Morgan fingerprint density at radius 3 is 2.78 bits per heavy atom. The molecule has 0 radical (unpaired) electrons. The summed E-state index contributed by atoms with van der Waals surface area (Å²) < 4.78 is 0. The SMILES string of the molecule is C=C(NC(=C)/C(=C/CC)CNC)S/C=C(C)/C=C\CC1=C(/C=C\C)NCC1. The first-order chi connectivity index (χ1) is 13.0. The summed E-state index contributed by atoms with van der Waals surface area (Å²) in [5.41, 5.74) is 6.06. The van der Waals surface area contributed by atoms with Crippen LogP contribution in [-0.2, 0) is 0 Å². The number of hydrogen-bond acceptors (Lipinski definition) is 4. The standard InChI is InChI=1S/C23H35N3S/c1-7-10-22(16-24-6)19(4)26-20(5)27-17-18(3)12-9-13-21-14-15-25-23(21)11-8-2/h8-12,17,24-26H,4-5,7,13-16H2,1-3,6H3/b11-8-,12-9-,18-17+,22-10+. The molecule has 0 aromatic heterocycles. The van der Waals surface area contributed by atoms with Crippen LogP contribution in [0.4, 0.5) is 0 Å². The Morgan fingerprint density at radius 2 is 2.11 bits per heavy atom. The lowest BCUT2D eigenvalue weighted by atomic mass is 10.1. The Hall–Kier alpha value is -1.91. The van der Waals surface area contributed by atoms with Gasteiger partial charge in [0.15, 0.2) is 0 Å². The van der Waals surface area contributed by atoms with Gasteiger partial charge < -0.3 is 16.0 Å². The van der Waals surface area contributed by atoms with E-state index in [9.17, 15) is 0 Å². The molecule has 3 N–H and O–H groups in total. The third-order valence-electron chi connectivity index (χ3n) is 4.08. The Balaban J connectivity index is 2.51. The zero-order valence-corrected chi connectivity index (χ0v) is 18.1. The summed E-state index contributed by atoms with van der Waals surface area (Å²) in [7, 11) is 1.94. The molecular weight excluding hydrogens is 350 g/mol. The number of nitrogens with one attached hydrogen (secondary N) is 3. The average molecular weight is 386 g/mol. The maximum absolute atomic E-state index is 4.13. The van der Waals surface area contributed by atoms with Crippen molar-refractivity contribution in [3.63, 3.8) is 0 Å². The third kappa shape index (κ3) is 9.03. The van der Waals surface area contributed by atoms with E-state index in [2.05, 4.69) is 85.7 Å². The van der Waals surface area contributed by atoms with E-state index in [1.54, 1.807) is 11.8 Å². The topological polar surface area (TPSA) is 36.1 Å². The second-order valence-corrected chi connectivity index (χ2v) is 7.44. The summed E-state index contributed by atoms with van der Waals surface area (Å²) in [4.78, 5) is 0. The predicted molar refractivity (Wildman–Crippen MR) is 123 cm³/mol. The summed E-state index contributed by atoms with van der Waals surface area (Å²) in [6, 6.07) is 0. The van der Waals surface area contributed by atoms with Gasteiger partial charge in [0.2, 0.25) is 0 Å². The van der Waals surface area contributed by atoms with Gasteiger partial charge in [-0.1, -0.05) is 56.1 Å². The second-order valence-electron chi connectivity index (χ2n) is 6.47. The van der Waals surface area contributed by atoms with E-state index in [1.807, 2.05) is 7.05 Å². The fraction of sp³-hybridized carbons (Fsp3) is 0.391. The molecule has 1 aliphatic heterocycles. The van der Waals surface area contributed by atoms with Crippen LogP contribution in [0.25, 0.3) is 0 Å². The van der Waals surface area contributed by atoms with Crippen molar-refractivity contribution in [1.29, 1.82) is 0 Å². The van der Waals surface area contributed by atoms with Crippen molar-refractivity contribution in [2.24, 2.45) is 0 Å². The number of hydrogen-bond donors (Lipinski definition) is 3. The highest BCUT2D eigenvalue weighted by Gasteiger charge is 2.09. The van der Waals surface area contributed by atoms with Crippen molar-refractivity contribution >= 4 is 11.8 Å². The average Bonchev–Trinajstić information content (AvgIpc) is 3.07. The lowest BCUT2D eigenvalue weighted by molar-refractivity contribution is 0.860. The zero-order valence-electron chi connectivity index (χ0n) is 17.3. The van der Waals surface area contributed by atoms with Gasteiger partial charge in [-0.3, -0.25) is 0 Å². The molecule has 4 heteroatoms. The van der Waals surface area contributed by atoms with Gasteiger partial charge in [0.25, 0.3) is 0 Å². The predicted octanol–water partition coefficient (Wildman–Crippen LogP) is 5.52. The molecule has 3 nitrogen and oxygen atoms in total. The van der Waals surface area contributed by atoms with E-state index < -0.39 is 0 Å². The molecule has 0 atom stereocenters. The Bertz CT molecular complexity index is 663. The monoisotopic (exact) mass is 385 g/mol. The Labute approximate surface area is 170 Å². The van der Waals surface area contributed by atoms with E-state index in [0.717, 1.165) is 43.1 Å². The molecular formula is C23H35N3S. The van der Waals surface area contributed by atoms with Crippen molar-refractivity contribution in [2.45, 2.75) is 40.0 Å². The number of allylic oxidation sites excluding steroid dienone is 6. The van der Waals surface area contributed by atoms with Gasteiger partial charge >= 0.3 is 0 Å². The van der Waals surface area contributed by atoms with Crippen LogP contribution in [0.3, 0.4) is 0 Å². The minimum Gasteiger partial charge on any atom is -0.385 e. The molecule has 0 amide bonds. The molecule has 1 aliphatic rings. The Kier molecular flexibility index (Phi) is 11.4. The third-order valence-corrected chi connectivity index (χ3v) is 4.96. The quantitative estimate of drug-likeness (QED) is 0.386. The fourth-order valence-electron chi connectivity index (χ4n) is 2.77. The van der Waals surface area contributed by atoms with Crippen LogP contribution >= 0.6 is 11.8 Å². The molecule has 1 heterocycles. The first-order valence-electron chi connectivity index (χ1n) is 9.59. The minimum absolute atomic E-state index is 0.801. The molecule has 1 rings (SSSR count). The van der Waals surface area contributed by atoms with Crippen LogP contribution in [-0.4, -0.2) is 20.1 Å². The second kappa shape index (κ2) is 13.3. The molecule has 0 saturated carbocycles. The van der Waals surface area contributed by atoms with Crippen LogP contribution in [0.2, 0.25) is 0 Å². The molecule has 0 saturated heterocycles. The smallest absolute Gasteiger partial charge is 0.0694 e. The highest BCUT2D eigenvalue weighted by Crippen LogP contribution is 2.21. The first-order valence-corrected chi connectivity index (χ1v) is 10.5. The summed E-state index contributed by atoms with van der Waals surface area (Å²) in [5, 5.41) is 12.9. The van der Waals surface area contributed by atoms with E-state index in [4.69, 9.17) is 0 Å². The maximum Gasteiger partial charge on any atom is 0.0694 e. The molecule has 0 aromatic carbocycles. The van der Waals surface area contributed by atoms with Gasteiger partial charge in [0.05, 0.1) is 5.03 Å². The van der Waals surface area contributed by atoms with Crippen molar-refractivity contribution in [2.75, 3.05) is 20.1 Å². The van der Waals surface area contributed by atoms with Crippen molar-refractivity contribution in [3.8, 4) is 0 Å². The van der Waals surface area contributed by atoms with E-state index in [1.165, 1.54) is 22.4 Å². The van der Waals surface area contributed by atoms with Crippen LogP contribution in [0.1, 0.15) is 40.0 Å². The number of rotatable bonds is 12. The molecule has 0 aliphatic carbocycles. The Morgan fingerprint density at radius 1 is 1.33 bits per heavy atom. The van der Waals surface area contributed by atoms with Gasteiger partial charge in [-0.15, -0.1) is 0 Å². The first kappa shape index (κ1) is 23.1. The van der Waals surface area contributed by atoms with Crippen molar-refractivity contribution in [1.82, 2.24) is 16.0 Å². The number of likely N-dealkylation sites (N-methyl/N-ethyl adjacent to an activating group) is 1. The van der Waals surface area contributed by atoms with Gasteiger partial charge in [-0.2, -0.15) is 0 Å². The lowest BCUT2D eigenvalue weighted by Crippen LogP contribution is -2.18. The molecule has 148 valence electrons. The normalized spacial score (nSPS) is 15.7. The molecule has 0 spiro atoms. The molecule has 0 fully saturated rings. The lowest BCUT2D eigenvalue weighted by Gasteiger charge is -2.14. The molecule has 27 heavy (non-hydrogen) atoms. The summed E-state index contributed by atoms with van der Waals surface area (Å²) in [5.74, 6) is 0. The number of thioether (sulfide) groups is 1. The van der Waals surface area contributed by atoms with Crippen LogP contribution < -0.4 is 16.0 Å². The fourth-order valence-corrected chi connectivity index (χ4v) is 3.36. The zero-order chi connectivity index (χ0) is 20.1. The summed E-state index contributed by atoms with van der Waals surface area (Å²) in [6.45, 7) is 16.4. The van der Waals surface area contributed by atoms with Crippen LogP contribution in [0.5, 0.6) is 0 Å². The molecule has 0 aromatic rings.